The Balaban J connectivity index is 1.65. The van der Waals surface area contributed by atoms with Gasteiger partial charge in [0, 0.05) is 25.6 Å². The molecule has 0 radical (unpaired) electrons. The molecular weight excluding hydrogens is 260 g/mol. The molecule has 3 atom stereocenters. The number of nitrogens with two attached hydrogens (primary N) is 1. The van der Waals surface area contributed by atoms with Crippen LogP contribution in [0.15, 0.2) is 18.2 Å². The average molecular weight is 288 g/mol. The fraction of sp³-hybridized carbons (Fsp3) is 0.667. The summed E-state index contributed by atoms with van der Waals surface area (Å²) in [6.07, 6.45) is 5.21. The first-order chi connectivity index (χ1) is 10.2. The lowest BCUT2D eigenvalue weighted by molar-refractivity contribution is 0.0578. The van der Waals surface area contributed by atoms with Gasteiger partial charge in [-0.25, -0.2) is 0 Å². The number of nitrogens with zero attached hydrogens (tertiary/aromatic N) is 1. The first-order valence-corrected chi connectivity index (χ1v) is 8.41. The normalized spacial score (nSPS) is 29.2. The van der Waals surface area contributed by atoms with Crippen molar-refractivity contribution in [2.75, 3.05) is 19.6 Å². The average Bonchev–Trinajstić information content (AvgIpc) is 2.88. The molecule has 1 aromatic carbocycles. The highest BCUT2D eigenvalue weighted by atomic mass is 16.5. The van der Waals surface area contributed by atoms with Crippen LogP contribution >= 0.6 is 0 Å². The van der Waals surface area contributed by atoms with E-state index in [2.05, 4.69) is 36.9 Å². The maximum atomic E-state index is 6.14. The molecule has 3 unspecified atom stereocenters. The largest absolute Gasteiger partial charge is 0.488 e. The number of fused-ring (bicyclic) bond motifs is 1. The minimum Gasteiger partial charge on any atom is -0.488 e. The molecule has 0 saturated carbocycles. The molecule has 2 aliphatic rings. The van der Waals surface area contributed by atoms with Crippen molar-refractivity contribution in [2.24, 2.45) is 11.7 Å². The molecule has 1 aromatic rings. The van der Waals surface area contributed by atoms with Crippen LogP contribution < -0.4 is 10.5 Å². The Bertz CT molecular complexity index is 488. The molecule has 3 nitrogen and oxygen atoms in total. The summed E-state index contributed by atoms with van der Waals surface area (Å²) in [4.78, 5) is 2.58. The molecule has 116 valence electrons. The molecule has 3 rings (SSSR count). The van der Waals surface area contributed by atoms with E-state index in [0.29, 0.717) is 12.1 Å². The number of likely N-dealkylation sites (tertiary alicyclic amines) is 1. The lowest BCUT2D eigenvalue weighted by atomic mass is 9.87. The van der Waals surface area contributed by atoms with Crippen LogP contribution in [0.1, 0.15) is 37.3 Å². The van der Waals surface area contributed by atoms with Crippen LogP contribution in [-0.4, -0.2) is 36.7 Å². The number of rotatable bonds is 4. The summed E-state index contributed by atoms with van der Waals surface area (Å²) in [7, 11) is 0. The van der Waals surface area contributed by atoms with E-state index in [-0.39, 0.29) is 0 Å². The summed E-state index contributed by atoms with van der Waals surface area (Å²) in [5.41, 5.74) is 8.75. The Morgan fingerprint density at radius 1 is 1.38 bits per heavy atom. The minimum atomic E-state index is 0.298. The lowest BCUT2D eigenvalue weighted by Gasteiger charge is -2.41. The topological polar surface area (TPSA) is 38.5 Å². The van der Waals surface area contributed by atoms with Crippen LogP contribution in [-0.2, 0) is 6.42 Å². The number of hydrogen-bond acceptors (Lipinski definition) is 3. The molecule has 3 heteroatoms. The van der Waals surface area contributed by atoms with Gasteiger partial charge in [-0.3, -0.25) is 4.90 Å². The van der Waals surface area contributed by atoms with Gasteiger partial charge in [0.05, 0.1) is 0 Å². The number of hydrogen-bond donors (Lipinski definition) is 1. The predicted octanol–water partition coefficient (Wildman–Crippen LogP) is 2.75. The molecule has 2 heterocycles. The molecule has 1 fully saturated rings. The second-order valence-corrected chi connectivity index (χ2v) is 6.66. The van der Waals surface area contributed by atoms with Gasteiger partial charge < -0.3 is 10.5 Å². The van der Waals surface area contributed by atoms with Gasteiger partial charge in [0.2, 0.25) is 0 Å². The molecule has 0 aromatic heterocycles. The molecule has 21 heavy (non-hydrogen) atoms. The molecule has 0 amide bonds. The van der Waals surface area contributed by atoms with Gasteiger partial charge in [0.25, 0.3) is 0 Å². The fourth-order valence-corrected chi connectivity index (χ4v) is 4.07. The van der Waals surface area contributed by atoms with Crippen LogP contribution in [0.4, 0.5) is 0 Å². The van der Waals surface area contributed by atoms with Gasteiger partial charge >= 0.3 is 0 Å². The third-order valence-corrected chi connectivity index (χ3v) is 5.19. The number of aryl methyl sites for hydroxylation is 1. The Hall–Kier alpha value is -1.06. The van der Waals surface area contributed by atoms with E-state index in [1.807, 2.05) is 0 Å². The summed E-state index contributed by atoms with van der Waals surface area (Å²) in [5, 5.41) is 0. The van der Waals surface area contributed by atoms with Gasteiger partial charge in [-0.05, 0) is 43.9 Å². The monoisotopic (exact) mass is 288 g/mol. The zero-order valence-electron chi connectivity index (χ0n) is 13.3. The van der Waals surface area contributed by atoms with E-state index < -0.39 is 0 Å². The van der Waals surface area contributed by atoms with Crippen molar-refractivity contribution in [3.8, 4) is 5.75 Å². The van der Waals surface area contributed by atoms with Crippen LogP contribution in [0.2, 0.25) is 0 Å². The third-order valence-electron chi connectivity index (χ3n) is 5.19. The maximum Gasteiger partial charge on any atom is 0.123 e. The smallest absolute Gasteiger partial charge is 0.123 e. The predicted molar refractivity (Wildman–Crippen MR) is 86.7 cm³/mol. The van der Waals surface area contributed by atoms with Crippen molar-refractivity contribution in [1.82, 2.24) is 4.90 Å². The summed E-state index contributed by atoms with van der Waals surface area (Å²) in [6.45, 7) is 7.41. The maximum absolute atomic E-state index is 6.14. The first-order valence-electron chi connectivity index (χ1n) is 8.41. The van der Waals surface area contributed by atoms with E-state index in [0.717, 1.165) is 31.2 Å². The SMILES string of the molecule is CCC1CCCN(CC2Cc3cc(C)ccc3O2)C1CN. The third kappa shape index (κ3) is 3.09. The molecule has 0 spiro atoms. The summed E-state index contributed by atoms with van der Waals surface area (Å²) < 4.78 is 6.14. The molecule has 0 aliphatic carbocycles. The summed E-state index contributed by atoms with van der Waals surface area (Å²) in [5.74, 6) is 1.84. The van der Waals surface area contributed by atoms with Crippen LogP contribution in [0, 0.1) is 12.8 Å². The van der Waals surface area contributed by atoms with Gasteiger partial charge in [0.15, 0.2) is 0 Å². The van der Waals surface area contributed by atoms with Crippen molar-refractivity contribution in [1.29, 1.82) is 0 Å². The van der Waals surface area contributed by atoms with Gasteiger partial charge in [-0.15, -0.1) is 0 Å². The van der Waals surface area contributed by atoms with E-state index in [1.54, 1.807) is 0 Å². The van der Waals surface area contributed by atoms with E-state index in [9.17, 15) is 0 Å². The number of ether oxygens (including phenoxy) is 1. The van der Waals surface area contributed by atoms with Gasteiger partial charge in [-0.2, -0.15) is 0 Å². The fourth-order valence-electron chi connectivity index (χ4n) is 4.07. The first kappa shape index (κ1) is 14.9. The van der Waals surface area contributed by atoms with Crippen LogP contribution in [0.5, 0.6) is 5.75 Å². The highest BCUT2D eigenvalue weighted by molar-refractivity contribution is 5.40. The summed E-state index contributed by atoms with van der Waals surface area (Å²) in [6, 6.07) is 7.06. The minimum absolute atomic E-state index is 0.298. The van der Waals surface area contributed by atoms with Gasteiger partial charge in [0.1, 0.15) is 11.9 Å². The molecule has 1 saturated heterocycles. The Labute approximate surface area is 128 Å². The van der Waals surface area contributed by atoms with Crippen molar-refractivity contribution in [3.63, 3.8) is 0 Å². The standard InChI is InChI=1S/C18H28N2O/c1-3-14-5-4-8-20(17(14)11-19)12-16-10-15-9-13(2)6-7-18(15)21-16/h6-7,9,14,16-17H,3-5,8,10-12,19H2,1-2H3. The van der Waals surface area contributed by atoms with Crippen molar-refractivity contribution in [2.45, 2.75) is 51.7 Å². The Morgan fingerprint density at radius 3 is 3.00 bits per heavy atom. The van der Waals surface area contributed by atoms with E-state index >= 15 is 0 Å². The van der Waals surface area contributed by atoms with Crippen molar-refractivity contribution in [3.05, 3.63) is 29.3 Å². The Morgan fingerprint density at radius 2 is 2.24 bits per heavy atom. The zero-order chi connectivity index (χ0) is 14.8. The highest BCUT2D eigenvalue weighted by Crippen LogP contribution is 2.32. The Kier molecular flexibility index (Phi) is 4.51. The van der Waals surface area contributed by atoms with Crippen LogP contribution in [0.3, 0.4) is 0 Å². The van der Waals surface area contributed by atoms with Crippen molar-refractivity contribution < 1.29 is 4.74 Å². The number of benzene rings is 1. The molecular formula is C18H28N2O. The van der Waals surface area contributed by atoms with Gasteiger partial charge in [-0.1, -0.05) is 31.0 Å². The van der Waals surface area contributed by atoms with E-state index in [1.165, 1.54) is 36.9 Å². The zero-order valence-corrected chi connectivity index (χ0v) is 13.3. The summed E-state index contributed by atoms with van der Waals surface area (Å²) >= 11 is 0. The van der Waals surface area contributed by atoms with Crippen LogP contribution in [0.25, 0.3) is 0 Å². The van der Waals surface area contributed by atoms with Crippen molar-refractivity contribution >= 4 is 0 Å². The molecule has 0 bridgehead atoms. The van der Waals surface area contributed by atoms with E-state index in [4.69, 9.17) is 10.5 Å². The highest BCUT2D eigenvalue weighted by Gasteiger charge is 2.33. The second kappa shape index (κ2) is 6.37. The lowest BCUT2D eigenvalue weighted by Crippen LogP contribution is -2.52. The second-order valence-electron chi connectivity index (χ2n) is 6.66. The quantitative estimate of drug-likeness (QED) is 0.926. The number of piperidine rings is 1. The molecule has 2 aliphatic heterocycles. The molecule has 2 N–H and O–H groups in total.